The molecule has 2 aromatic carbocycles. The van der Waals surface area contributed by atoms with Gasteiger partial charge in [0.05, 0.1) is 11.3 Å². The Morgan fingerprint density at radius 1 is 1.00 bits per heavy atom. The van der Waals surface area contributed by atoms with Crippen LogP contribution in [-0.2, 0) is 16.0 Å². The van der Waals surface area contributed by atoms with Crippen LogP contribution in [0, 0.1) is 6.92 Å². The monoisotopic (exact) mass is 476 g/mol. The van der Waals surface area contributed by atoms with Crippen molar-refractivity contribution < 1.29 is 26.4 Å². The van der Waals surface area contributed by atoms with Crippen molar-refractivity contribution in [2.24, 2.45) is 0 Å². The van der Waals surface area contributed by atoms with Gasteiger partial charge < -0.3 is 0 Å². The number of halogens is 3. The minimum Gasteiger partial charge on any atom is -0.293 e. The van der Waals surface area contributed by atoms with Crippen molar-refractivity contribution in [2.75, 3.05) is 5.75 Å². The van der Waals surface area contributed by atoms with E-state index in [1.54, 1.807) is 18.2 Å². The lowest BCUT2D eigenvalue weighted by Crippen LogP contribution is -2.23. The SMILES string of the molecule is Cc1c(-n2ccn3c(S(=O)(=O)CC(=O)c4ccccc4)nnc3c2=O)cccc1C(F)(F)F. The normalized spacial score (nSPS) is 12.2. The lowest BCUT2D eigenvalue weighted by molar-refractivity contribution is -0.138. The Bertz CT molecular complexity index is 1540. The molecule has 0 N–H and O–H groups in total. The van der Waals surface area contributed by atoms with E-state index in [9.17, 15) is 31.2 Å². The van der Waals surface area contributed by atoms with Crippen molar-refractivity contribution in [3.05, 3.63) is 88.0 Å². The lowest BCUT2D eigenvalue weighted by Gasteiger charge is -2.15. The number of ketones is 1. The molecular formula is C21H15F3N4O4S. The summed E-state index contributed by atoms with van der Waals surface area (Å²) in [5.74, 6) is -1.56. The van der Waals surface area contributed by atoms with E-state index < -0.39 is 49.5 Å². The Morgan fingerprint density at radius 2 is 1.70 bits per heavy atom. The number of hydrogen-bond acceptors (Lipinski definition) is 6. The zero-order chi connectivity index (χ0) is 24.0. The molecule has 0 bridgehead atoms. The average Bonchev–Trinajstić information content (AvgIpc) is 3.20. The van der Waals surface area contributed by atoms with Crippen LogP contribution in [-0.4, -0.2) is 39.1 Å². The topological polar surface area (TPSA) is 103 Å². The molecule has 0 saturated carbocycles. The molecule has 4 rings (SSSR count). The number of Topliss-reactive ketones (excluding diaryl/α,β-unsaturated/α-hetero) is 1. The molecular weight excluding hydrogens is 461 g/mol. The number of carbonyl (C=O) groups excluding carboxylic acids is 1. The molecule has 0 amide bonds. The number of hydrogen-bond donors (Lipinski definition) is 0. The Balaban J connectivity index is 1.77. The molecule has 33 heavy (non-hydrogen) atoms. The van der Waals surface area contributed by atoms with Gasteiger partial charge in [0.2, 0.25) is 15.5 Å². The first-order chi connectivity index (χ1) is 15.5. The van der Waals surface area contributed by atoms with Gasteiger partial charge >= 0.3 is 11.7 Å². The van der Waals surface area contributed by atoms with Gasteiger partial charge in [0.1, 0.15) is 5.75 Å². The van der Waals surface area contributed by atoms with Gasteiger partial charge in [-0.1, -0.05) is 36.4 Å². The zero-order valence-electron chi connectivity index (χ0n) is 16.9. The summed E-state index contributed by atoms with van der Waals surface area (Å²) >= 11 is 0. The number of rotatable bonds is 5. The molecule has 0 fully saturated rings. The molecule has 0 aliphatic rings. The van der Waals surface area contributed by atoms with Crippen LogP contribution in [0.2, 0.25) is 0 Å². The van der Waals surface area contributed by atoms with Gasteiger partial charge in [-0.25, -0.2) is 8.42 Å². The number of sulfone groups is 1. The van der Waals surface area contributed by atoms with Gasteiger partial charge in [-0.3, -0.25) is 18.6 Å². The van der Waals surface area contributed by atoms with Crippen molar-refractivity contribution in [3.8, 4) is 5.69 Å². The van der Waals surface area contributed by atoms with Crippen LogP contribution in [0.25, 0.3) is 11.3 Å². The predicted octanol–water partition coefficient (Wildman–Crippen LogP) is 2.86. The van der Waals surface area contributed by atoms with E-state index in [0.717, 1.165) is 33.5 Å². The van der Waals surface area contributed by atoms with E-state index >= 15 is 0 Å². The van der Waals surface area contributed by atoms with Crippen LogP contribution >= 0.6 is 0 Å². The van der Waals surface area contributed by atoms with Crippen LogP contribution in [0.4, 0.5) is 13.2 Å². The summed E-state index contributed by atoms with van der Waals surface area (Å²) < 4.78 is 67.2. The number of aromatic nitrogens is 4. The minimum atomic E-state index is -4.62. The molecule has 170 valence electrons. The second-order valence-electron chi connectivity index (χ2n) is 7.15. The first-order valence-electron chi connectivity index (χ1n) is 9.45. The molecule has 0 saturated heterocycles. The van der Waals surface area contributed by atoms with Gasteiger partial charge in [-0.2, -0.15) is 13.2 Å². The van der Waals surface area contributed by atoms with E-state index in [-0.39, 0.29) is 16.8 Å². The predicted molar refractivity (Wildman–Crippen MR) is 111 cm³/mol. The van der Waals surface area contributed by atoms with Gasteiger partial charge in [-0.15, -0.1) is 10.2 Å². The molecule has 2 aromatic heterocycles. The maximum absolute atomic E-state index is 13.3. The molecule has 0 atom stereocenters. The Hall–Kier alpha value is -3.80. The highest BCUT2D eigenvalue weighted by Gasteiger charge is 2.33. The quantitative estimate of drug-likeness (QED) is 0.411. The summed E-state index contributed by atoms with van der Waals surface area (Å²) in [6.07, 6.45) is -2.34. The molecule has 0 aliphatic heterocycles. The number of nitrogens with zero attached hydrogens (tertiary/aromatic N) is 4. The maximum atomic E-state index is 13.3. The van der Waals surface area contributed by atoms with E-state index in [4.69, 9.17) is 0 Å². The van der Waals surface area contributed by atoms with Gasteiger partial charge in [0.15, 0.2) is 5.78 Å². The van der Waals surface area contributed by atoms with Crippen molar-refractivity contribution in [3.63, 3.8) is 0 Å². The summed E-state index contributed by atoms with van der Waals surface area (Å²) in [5, 5.41) is 6.57. The second-order valence-corrected chi connectivity index (χ2v) is 9.03. The largest absolute Gasteiger partial charge is 0.416 e. The highest BCUT2D eigenvalue weighted by atomic mass is 32.2. The van der Waals surface area contributed by atoms with Crippen molar-refractivity contribution in [2.45, 2.75) is 18.3 Å². The van der Waals surface area contributed by atoms with Crippen LogP contribution in [0.15, 0.2) is 70.9 Å². The van der Waals surface area contributed by atoms with Crippen molar-refractivity contribution in [1.29, 1.82) is 0 Å². The number of benzene rings is 2. The number of carbonyl (C=O) groups is 1. The lowest BCUT2D eigenvalue weighted by atomic mass is 10.1. The first-order valence-corrected chi connectivity index (χ1v) is 11.1. The Labute approximate surface area is 184 Å². The summed E-state index contributed by atoms with van der Waals surface area (Å²) in [6.45, 7) is 1.23. The molecule has 8 nitrogen and oxygen atoms in total. The van der Waals surface area contributed by atoms with Crippen LogP contribution in [0.1, 0.15) is 21.5 Å². The molecule has 12 heteroatoms. The molecule has 0 aliphatic carbocycles. The van der Waals surface area contributed by atoms with Gasteiger partial charge in [0, 0.05) is 18.0 Å². The Morgan fingerprint density at radius 3 is 2.36 bits per heavy atom. The second kappa shape index (κ2) is 7.96. The fourth-order valence-corrected chi connectivity index (χ4v) is 4.66. The van der Waals surface area contributed by atoms with E-state index in [2.05, 4.69) is 10.2 Å². The smallest absolute Gasteiger partial charge is 0.293 e. The van der Waals surface area contributed by atoms with Crippen molar-refractivity contribution >= 4 is 21.3 Å². The molecule has 0 radical (unpaired) electrons. The molecule has 0 spiro atoms. The Kier molecular flexibility index (Phi) is 5.40. The summed E-state index contributed by atoms with van der Waals surface area (Å²) in [7, 11) is -4.28. The molecule has 4 aromatic rings. The number of fused-ring (bicyclic) bond motifs is 1. The summed E-state index contributed by atoms with van der Waals surface area (Å²) in [6, 6.07) is 11.2. The van der Waals surface area contributed by atoms with E-state index in [1.165, 1.54) is 25.1 Å². The van der Waals surface area contributed by atoms with Crippen LogP contribution in [0.3, 0.4) is 0 Å². The van der Waals surface area contributed by atoms with E-state index in [0.29, 0.717) is 0 Å². The third kappa shape index (κ3) is 4.04. The molecule has 2 heterocycles. The average molecular weight is 476 g/mol. The fourth-order valence-electron chi connectivity index (χ4n) is 3.40. The van der Waals surface area contributed by atoms with Gasteiger partial charge in [-0.05, 0) is 24.6 Å². The third-order valence-electron chi connectivity index (χ3n) is 5.00. The van der Waals surface area contributed by atoms with E-state index in [1.807, 2.05) is 0 Å². The fraction of sp³-hybridized carbons (Fsp3) is 0.143. The van der Waals surface area contributed by atoms with Crippen molar-refractivity contribution in [1.82, 2.24) is 19.2 Å². The first kappa shape index (κ1) is 22.4. The van der Waals surface area contributed by atoms with Crippen LogP contribution in [0.5, 0.6) is 0 Å². The molecule has 0 unspecified atom stereocenters. The highest BCUT2D eigenvalue weighted by Crippen LogP contribution is 2.33. The summed E-state index contributed by atoms with van der Waals surface area (Å²) in [4.78, 5) is 25.3. The van der Waals surface area contributed by atoms with Crippen LogP contribution < -0.4 is 5.56 Å². The third-order valence-corrected chi connectivity index (χ3v) is 6.48. The summed E-state index contributed by atoms with van der Waals surface area (Å²) in [5.41, 5.74) is -2.22. The minimum absolute atomic E-state index is 0.0380. The zero-order valence-corrected chi connectivity index (χ0v) is 17.8. The number of alkyl halides is 3. The van der Waals surface area contributed by atoms with Gasteiger partial charge in [0.25, 0.3) is 5.16 Å². The maximum Gasteiger partial charge on any atom is 0.416 e. The highest BCUT2D eigenvalue weighted by molar-refractivity contribution is 7.92. The standard InChI is InChI=1S/C21H15F3N4O4S/c1-13-15(21(22,23)24)8-5-9-16(13)27-10-11-28-18(19(27)30)25-26-20(28)33(31,32)12-17(29)14-6-3-2-4-7-14/h2-11H,12H2,1H3.